The molecule has 3 aromatic rings. The lowest BCUT2D eigenvalue weighted by Crippen LogP contribution is -2.21. The van der Waals surface area contributed by atoms with E-state index in [1.54, 1.807) is 37.3 Å². The second kappa shape index (κ2) is 7.36. The van der Waals surface area contributed by atoms with E-state index in [0.29, 0.717) is 34.1 Å². The van der Waals surface area contributed by atoms with Gasteiger partial charge in [-0.3, -0.25) is 4.79 Å². The Labute approximate surface area is 172 Å². The highest BCUT2D eigenvalue weighted by Crippen LogP contribution is 2.29. The van der Waals surface area contributed by atoms with Gasteiger partial charge in [0.25, 0.3) is 5.91 Å². The van der Waals surface area contributed by atoms with E-state index >= 15 is 0 Å². The zero-order chi connectivity index (χ0) is 21.5. The zero-order valence-electron chi connectivity index (χ0n) is 15.7. The number of primary sulfonamides is 1. The third-order valence-electron chi connectivity index (χ3n) is 4.53. The van der Waals surface area contributed by atoms with Crippen molar-refractivity contribution in [2.45, 2.75) is 11.8 Å². The Bertz CT molecular complexity index is 1310. The summed E-state index contributed by atoms with van der Waals surface area (Å²) >= 11 is 0. The molecule has 0 unspecified atom stereocenters. The van der Waals surface area contributed by atoms with Crippen LogP contribution in [0.25, 0.3) is 17.4 Å². The first kappa shape index (κ1) is 19.7. The minimum absolute atomic E-state index is 0.0642. The third-order valence-corrected chi connectivity index (χ3v) is 5.45. The number of carbonyl (C=O) groups is 1. The average molecular weight is 425 g/mol. The summed E-state index contributed by atoms with van der Waals surface area (Å²) in [7, 11) is -3.83. The van der Waals surface area contributed by atoms with Crippen molar-refractivity contribution in [2.24, 2.45) is 10.2 Å². The molecule has 0 aliphatic carbocycles. The highest BCUT2D eigenvalue weighted by Gasteiger charge is 2.29. The number of sulfonamides is 1. The smallest absolute Gasteiger partial charge is 0.280 e. The Balaban J connectivity index is 1.61. The van der Waals surface area contributed by atoms with E-state index < -0.39 is 21.7 Å². The SMILES string of the molecule is CC1=NN(c2ccc(S(N)(=O)=O)cc2)C(=O)C1=Cc1ccc(-c2ccccc2F)o1. The monoisotopic (exact) mass is 425 g/mol. The predicted octanol–water partition coefficient (Wildman–Crippen LogP) is 3.54. The van der Waals surface area contributed by atoms with Gasteiger partial charge in [-0.25, -0.2) is 17.9 Å². The van der Waals surface area contributed by atoms with Gasteiger partial charge in [-0.2, -0.15) is 10.1 Å². The molecule has 0 fully saturated rings. The van der Waals surface area contributed by atoms with Crippen LogP contribution in [0.5, 0.6) is 0 Å². The average Bonchev–Trinajstić information content (AvgIpc) is 3.28. The van der Waals surface area contributed by atoms with Crippen molar-refractivity contribution in [3.8, 4) is 11.3 Å². The quantitative estimate of drug-likeness (QED) is 0.645. The summed E-state index contributed by atoms with van der Waals surface area (Å²) in [6, 6.07) is 15.0. The largest absolute Gasteiger partial charge is 0.457 e. The number of rotatable bonds is 4. The molecular weight excluding hydrogens is 409 g/mol. The normalized spacial score (nSPS) is 15.7. The van der Waals surface area contributed by atoms with E-state index in [1.165, 1.54) is 36.4 Å². The summed E-state index contributed by atoms with van der Waals surface area (Å²) < 4.78 is 42.4. The number of hydrogen-bond acceptors (Lipinski definition) is 5. The number of amides is 1. The number of nitrogens with two attached hydrogens (primary N) is 1. The number of nitrogens with zero attached hydrogens (tertiary/aromatic N) is 2. The van der Waals surface area contributed by atoms with Gasteiger partial charge in [0.1, 0.15) is 17.3 Å². The Morgan fingerprint density at radius 1 is 1.07 bits per heavy atom. The van der Waals surface area contributed by atoms with Crippen LogP contribution in [0.4, 0.5) is 10.1 Å². The van der Waals surface area contributed by atoms with Crippen LogP contribution in [0.15, 0.2) is 80.7 Å². The molecule has 1 aliphatic heterocycles. The Morgan fingerprint density at radius 2 is 1.77 bits per heavy atom. The molecule has 4 rings (SSSR count). The van der Waals surface area contributed by atoms with Gasteiger partial charge in [0.2, 0.25) is 10.0 Å². The van der Waals surface area contributed by atoms with Gasteiger partial charge in [-0.1, -0.05) is 12.1 Å². The molecule has 0 radical (unpaired) electrons. The van der Waals surface area contributed by atoms with Gasteiger partial charge >= 0.3 is 0 Å². The van der Waals surface area contributed by atoms with E-state index in [2.05, 4.69) is 5.10 Å². The summed E-state index contributed by atoms with van der Waals surface area (Å²) in [5.74, 6) is -0.0949. The fourth-order valence-corrected chi connectivity index (χ4v) is 3.53. The molecule has 1 aromatic heterocycles. The maximum atomic E-state index is 14.0. The topological polar surface area (TPSA) is 106 Å². The van der Waals surface area contributed by atoms with Gasteiger partial charge in [-0.15, -0.1) is 0 Å². The number of carbonyl (C=O) groups excluding carboxylic acids is 1. The fraction of sp³-hybridized carbons (Fsp3) is 0.0476. The number of furan rings is 1. The third kappa shape index (κ3) is 3.68. The summed E-state index contributed by atoms with van der Waals surface area (Å²) in [5, 5.41) is 10.5. The number of benzene rings is 2. The van der Waals surface area contributed by atoms with Crippen LogP contribution >= 0.6 is 0 Å². The maximum Gasteiger partial charge on any atom is 0.280 e. The van der Waals surface area contributed by atoms with E-state index in [-0.39, 0.29) is 4.90 Å². The van der Waals surface area contributed by atoms with Crippen molar-refractivity contribution >= 4 is 33.4 Å². The van der Waals surface area contributed by atoms with E-state index in [9.17, 15) is 17.6 Å². The molecule has 2 heterocycles. The van der Waals surface area contributed by atoms with Crippen LogP contribution in [-0.2, 0) is 14.8 Å². The van der Waals surface area contributed by atoms with E-state index in [4.69, 9.17) is 9.56 Å². The molecule has 2 N–H and O–H groups in total. The molecule has 0 saturated carbocycles. The van der Waals surface area contributed by atoms with Crippen molar-refractivity contribution in [3.63, 3.8) is 0 Å². The molecule has 2 aromatic carbocycles. The fourth-order valence-electron chi connectivity index (χ4n) is 3.01. The van der Waals surface area contributed by atoms with Crippen LogP contribution in [0, 0.1) is 5.82 Å². The zero-order valence-corrected chi connectivity index (χ0v) is 16.6. The lowest BCUT2D eigenvalue weighted by atomic mass is 10.1. The molecule has 30 heavy (non-hydrogen) atoms. The Hall–Kier alpha value is -3.56. The summed E-state index contributed by atoms with van der Waals surface area (Å²) in [6.45, 7) is 1.67. The first-order valence-electron chi connectivity index (χ1n) is 8.83. The molecule has 0 atom stereocenters. The Kier molecular flexibility index (Phi) is 4.84. The lowest BCUT2D eigenvalue weighted by Gasteiger charge is -2.11. The number of hydrogen-bond donors (Lipinski definition) is 1. The van der Waals surface area contributed by atoms with Gasteiger partial charge in [-0.05, 0) is 61.5 Å². The van der Waals surface area contributed by atoms with Crippen molar-refractivity contribution in [2.75, 3.05) is 5.01 Å². The molecule has 0 spiro atoms. The van der Waals surface area contributed by atoms with Crippen molar-refractivity contribution < 1.29 is 22.0 Å². The van der Waals surface area contributed by atoms with Crippen LogP contribution in [0.2, 0.25) is 0 Å². The minimum atomic E-state index is -3.83. The molecule has 9 heteroatoms. The highest BCUT2D eigenvalue weighted by molar-refractivity contribution is 7.89. The number of halogens is 1. The summed E-state index contributed by atoms with van der Waals surface area (Å²) in [6.07, 6.45) is 1.53. The highest BCUT2D eigenvalue weighted by atomic mass is 32.2. The van der Waals surface area contributed by atoms with Gasteiger partial charge in [0, 0.05) is 0 Å². The van der Waals surface area contributed by atoms with Crippen molar-refractivity contribution in [3.05, 3.63) is 77.8 Å². The molecule has 1 amide bonds. The first-order chi connectivity index (χ1) is 14.2. The molecule has 7 nitrogen and oxygen atoms in total. The second-order valence-corrected chi connectivity index (χ2v) is 8.14. The van der Waals surface area contributed by atoms with Gasteiger partial charge in [0.05, 0.1) is 27.4 Å². The summed E-state index contributed by atoms with van der Waals surface area (Å²) in [4.78, 5) is 12.8. The second-order valence-electron chi connectivity index (χ2n) is 6.58. The summed E-state index contributed by atoms with van der Waals surface area (Å²) in [5.41, 5.74) is 1.47. The first-order valence-corrected chi connectivity index (χ1v) is 10.4. The lowest BCUT2D eigenvalue weighted by molar-refractivity contribution is -0.114. The van der Waals surface area contributed by atoms with E-state index in [0.717, 1.165) is 5.01 Å². The minimum Gasteiger partial charge on any atom is -0.457 e. The van der Waals surface area contributed by atoms with Crippen LogP contribution in [-0.4, -0.2) is 20.0 Å². The predicted molar refractivity (Wildman–Crippen MR) is 110 cm³/mol. The molecule has 152 valence electrons. The van der Waals surface area contributed by atoms with Crippen LogP contribution in [0.1, 0.15) is 12.7 Å². The molecule has 1 aliphatic rings. The van der Waals surface area contributed by atoms with Crippen molar-refractivity contribution in [1.29, 1.82) is 0 Å². The Morgan fingerprint density at radius 3 is 2.43 bits per heavy atom. The van der Waals surface area contributed by atoms with Gasteiger partial charge in [0.15, 0.2) is 0 Å². The standard InChI is InChI=1S/C21H16FN3O4S/c1-13-18(12-15-8-11-20(29-15)17-4-2-3-5-19(17)22)21(26)25(24-13)14-6-9-16(10-7-14)30(23,27)28/h2-12H,1H3,(H2,23,27,28). The van der Waals surface area contributed by atoms with E-state index in [1.807, 2.05) is 0 Å². The van der Waals surface area contributed by atoms with Crippen LogP contribution in [0.3, 0.4) is 0 Å². The van der Waals surface area contributed by atoms with Gasteiger partial charge < -0.3 is 4.42 Å². The maximum absolute atomic E-state index is 14.0. The molecule has 0 bridgehead atoms. The van der Waals surface area contributed by atoms with Crippen molar-refractivity contribution in [1.82, 2.24) is 0 Å². The number of hydrazone groups is 1. The van der Waals surface area contributed by atoms with Crippen LogP contribution < -0.4 is 10.1 Å². The number of anilines is 1. The molecular formula is C21H16FN3O4S. The molecule has 0 saturated heterocycles.